The van der Waals surface area contributed by atoms with Crippen LogP contribution in [0.15, 0.2) is 34.5 Å². The van der Waals surface area contributed by atoms with Gasteiger partial charge in [-0.25, -0.2) is 19.6 Å². The highest BCUT2D eigenvalue weighted by molar-refractivity contribution is 7.99. The summed E-state index contributed by atoms with van der Waals surface area (Å²) in [7, 11) is 2.42. The molecule has 3 aromatic rings. The molecule has 0 aliphatic rings. The SMILES string of the molecule is COC(=O)c1ccc(C(=O)OC)c(NC(=O)CSc2nc3nc[nH]c3c(=O)[nH]2)c1. The van der Waals surface area contributed by atoms with E-state index in [0.717, 1.165) is 11.8 Å². The first-order valence-electron chi connectivity index (χ1n) is 8.09. The number of thioether (sulfide) groups is 1. The van der Waals surface area contributed by atoms with Gasteiger partial charge in [-0.2, -0.15) is 0 Å². The Labute approximate surface area is 167 Å². The molecule has 0 unspecified atom stereocenters. The minimum Gasteiger partial charge on any atom is -0.465 e. The molecule has 0 aliphatic carbocycles. The molecule has 0 radical (unpaired) electrons. The molecular weight excluding hydrogens is 402 g/mol. The fourth-order valence-electron chi connectivity index (χ4n) is 2.39. The van der Waals surface area contributed by atoms with Gasteiger partial charge in [0.25, 0.3) is 5.56 Å². The molecule has 2 heterocycles. The molecule has 0 fully saturated rings. The molecule has 0 saturated heterocycles. The lowest BCUT2D eigenvalue weighted by atomic mass is 10.1. The lowest BCUT2D eigenvalue weighted by Crippen LogP contribution is -2.18. The number of anilines is 1. The van der Waals surface area contributed by atoms with Crippen LogP contribution in [-0.2, 0) is 14.3 Å². The summed E-state index contributed by atoms with van der Waals surface area (Å²) >= 11 is 0.975. The summed E-state index contributed by atoms with van der Waals surface area (Å²) in [6, 6.07) is 4.05. The Hall–Kier alpha value is -3.67. The van der Waals surface area contributed by atoms with Crippen LogP contribution in [0, 0.1) is 0 Å². The molecule has 29 heavy (non-hydrogen) atoms. The van der Waals surface area contributed by atoms with Crippen LogP contribution in [0.3, 0.4) is 0 Å². The molecule has 3 rings (SSSR count). The maximum absolute atomic E-state index is 12.4. The third kappa shape index (κ3) is 4.43. The molecule has 0 bridgehead atoms. The van der Waals surface area contributed by atoms with E-state index < -0.39 is 23.4 Å². The van der Waals surface area contributed by atoms with Crippen molar-refractivity contribution in [3.63, 3.8) is 0 Å². The van der Waals surface area contributed by atoms with Crippen molar-refractivity contribution in [1.82, 2.24) is 19.9 Å². The molecule has 0 saturated carbocycles. The summed E-state index contributed by atoms with van der Waals surface area (Å²) in [5, 5.41) is 2.76. The first-order chi connectivity index (χ1) is 13.9. The van der Waals surface area contributed by atoms with E-state index in [-0.39, 0.29) is 38.9 Å². The molecule has 150 valence electrons. The maximum Gasteiger partial charge on any atom is 0.339 e. The number of aromatic nitrogens is 4. The molecule has 0 aliphatic heterocycles. The van der Waals surface area contributed by atoms with E-state index in [0.29, 0.717) is 0 Å². The van der Waals surface area contributed by atoms with Gasteiger partial charge in [0.15, 0.2) is 16.3 Å². The van der Waals surface area contributed by atoms with Gasteiger partial charge in [-0.15, -0.1) is 0 Å². The lowest BCUT2D eigenvalue weighted by molar-refractivity contribution is -0.113. The molecule has 12 heteroatoms. The minimum atomic E-state index is -0.681. The number of ether oxygens (including phenoxy) is 2. The van der Waals surface area contributed by atoms with Gasteiger partial charge in [-0.05, 0) is 18.2 Å². The van der Waals surface area contributed by atoms with Crippen LogP contribution in [0.4, 0.5) is 5.69 Å². The number of hydrogen-bond donors (Lipinski definition) is 3. The number of hydrogen-bond acceptors (Lipinski definition) is 9. The van der Waals surface area contributed by atoms with Crippen LogP contribution in [0.1, 0.15) is 20.7 Å². The fourth-order valence-corrected chi connectivity index (χ4v) is 3.05. The van der Waals surface area contributed by atoms with E-state index in [9.17, 15) is 19.2 Å². The van der Waals surface area contributed by atoms with Gasteiger partial charge in [0.05, 0.1) is 43.1 Å². The van der Waals surface area contributed by atoms with Crippen molar-refractivity contribution in [2.24, 2.45) is 0 Å². The van der Waals surface area contributed by atoms with E-state index in [1.165, 1.54) is 38.7 Å². The van der Waals surface area contributed by atoms with Crippen molar-refractivity contribution in [2.75, 3.05) is 25.3 Å². The number of esters is 2. The Kier molecular flexibility index (Phi) is 5.93. The van der Waals surface area contributed by atoms with Crippen LogP contribution < -0.4 is 10.9 Å². The van der Waals surface area contributed by atoms with Gasteiger partial charge in [0.1, 0.15) is 0 Å². The Bertz CT molecular complexity index is 1150. The summed E-state index contributed by atoms with van der Waals surface area (Å²) in [6.07, 6.45) is 1.34. The van der Waals surface area contributed by atoms with Crippen molar-refractivity contribution in [1.29, 1.82) is 0 Å². The molecule has 2 aromatic heterocycles. The van der Waals surface area contributed by atoms with Crippen LogP contribution in [0.25, 0.3) is 11.2 Å². The molecule has 0 spiro atoms. The van der Waals surface area contributed by atoms with E-state index in [4.69, 9.17) is 0 Å². The summed E-state index contributed by atoms with van der Waals surface area (Å²) in [5.41, 5.74) is 0.376. The van der Waals surface area contributed by atoms with Crippen LogP contribution in [0.2, 0.25) is 0 Å². The van der Waals surface area contributed by atoms with Gasteiger partial charge in [-0.3, -0.25) is 14.6 Å². The highest BCUT2D eigenvalue weighted by Crippen LogP contribution is 2.21. The monoisotopic (exact) mass is 417 g/mol. The average molecular weight is 417 g/mol. The van der Waals surface area contributed by atoms with Gasteiger partial charge in [0.2, 0.25) is 5.91 Å². The maximum atomic E-state index is 12.4. The van der Waals surface area contributed by atoms with Crippen LogP contribution in [-0.4, -0.2) is 57.8 Å². The molecular formula is C17H15N5O6S. The minimum absolute atomic E-state index is 0.0722. The van der Waals surface area contributed by atoms with Crippen molar-refractivity contribution >= 4 is 46.5 Å². The zero-order chi connectivity index (χ0) is 21.0. The average Bonchev–Trinajstić information content (AvgIpc) is 3.20. The normalized spacial score (nSPS) is 10.6. The number of nitrogens with one attached hydrogen (secondary N) is 3. The molecule has 11 nitrogen and oxygen atoms in total. The first kappa shape index (κ1) is 20.1. The van der Waals surface area contributed by atoms with Gasteiger partial charge < -0.3 is 19.8 Å². The van der Waals surface area contributed by atoms with E-state index >= 15 is 0 Å². The summed E-state index contributed by atoms with van der Waals surface area (Å²) in [6.45, 7) is 0. The zero-order valence-electron chi connectivity index (χ0n) is 15.3. The first-order valence-corrected chi connectivity index (χ1v) is 9.08. The van der Waals surface area contributed by atoms with Crippen molar-refractivity contribution < 1.29 is 23.9 Å². The number of methoxy groups -OCH3 is 2. The number of benzene rings is 1. The third-order valence-electron chi connectivity index (χ3n) is 3.73. The number of H-pyrrole nitrogens is 2. The summed E-state index contributed by atoms with van der Waals surface area (Å²) in [4.78, 5) is 61.2. The number of carbonyl (C=O) groups is 3. The Morgan fingerprint density at radius 1 is 1.17 bits per heavy atom. The standard InChI is InChI=1S/C17H15N5O6S/c1-27-15(25)8-3-4-9(16(26)28-2)10(5-8)20-11(23)6-29-17-21-13-12(14(24)22-17)18-7-19-13/h3-5,7H,6H2,1-2H3,(H,20,23)(H2,18,19,21,22,24). The number of nitrogens with zero attached hydrogens (tertiary/aromatic N) is 2. The lowest BCUT2D eigenvalue weighted by Gasteiger charge is -2.11. The highest BCUT2D eigenvalue weighted by Gasteiger charge is 2.18. The smallest absolute Gasteiger partial charge is 0.339 e. The van der Waals surface area contributed by atoms with Gasteiger partial charge in [-0.1, -0.05) is 11.8 Å². The second kappa shape index (κ2) is 8.56. The quantitative estimate of drug-likeness (QED) is 0.302. The van der Waals surface area contributed by atoms with Crippen LogP contribution >= 0.6 is 11.8 Å². The number of rotatable bonds is 6. The largest absolute Gasteiger partial charge is 0.465 e. The highest BCUT2D eigenvalue weighted by atomic mass is 32.2. The summed E-state index contributed by atoms with van der Waals surface area (Å²) < 4.78 is 9.34. The number of fused-ring (bicyclic) bond motifs is 1. The molecule has 0 atom stereocenters. The fraction of sp³-hybridized carbons (Fsp3) is 0.176. The Morgan fingerprint density at radius 2 is 1.93 bits per heavy atom. The van der Waals surface area contributed by atoms with E-state index in [1.54, 1.807) is 0 Å². The predicted molar refractivity (Wildman–Crippen MR) is 103 cm³/mol. The third-order valence-corrected chi connectivity index (χ3v) is 4.61. The van der Waals surface area contributed by atoms with Crippen molar-refractivity contribution in [3.05, 3.63) is 46.0 Å². The van der Waals surface area contributed by atoms with Crippen molar-refractivity contribution in [2.45, 2.75) is 5.16 Å². The summed E-state index contributed by atoms with van der Waals surface area (Å²) in [5.74, 6) is -1.92. The van der Waals surface area contributed by atoms with Gasteiger partial charge >= 0.3 is 11.9 Å². The number of carbonyl (C=O) groups excluding carboxylic acids is 3. The Morgan fingerprint density at radius 3 is 2.66 bits per heavy atom. The Balaban J connectivity index is 1.77. The molecule has 3 N–H and O–H groups in total. The predicted octanol–water partition coefficient (Wildman–Crippen LogP) is 0.950. The molecule has 1 aromatic carbocycles. The number of aromatic amines is 2. The topological polar surface area (TPSA) is 156 Å². The molecule has 1 amide bonds. The van der Waals surface area contributed by atoms with E-state index in [1.807, 2.05) is 0 Å². The number of amides is 1. The second-order valence-electron chi connectivity index (χ2n) is 5.55. The van der Waals surface area contributed by atoms with Crippen molar-refractivity contribution in [3.8, 4) is 0 Å². The second-order valence-corrected chi connectivity index (χ2v) is 6.52. The van der Waals surface area contributed by atoms with Gasteiger partial charge in [0, 0.05) is 0 Å². The van der Waals surface area contributed by atoms with Crippen LogP contribution in [0.5, 0.6) is 0 Å². The zero-order valence-corrected chi connectivity index (χ0v) is 16.1. The number of imidazole rings is 1. The van der Waals surface area contributed by atoms with E-state index in [2.05, 4.69) is 34.7 Å².